The van der Waals surface area contributed by atoms with E-state index in [1.54, 1.807) is 0 Å². The summed E-state index contributed by atoms with van der Waals surface area (Å²) in [5, 5.41) is 0. The van der Waals surface area contributed by atoms with E-state index in [4.69, 9.17) is 9.73 Å². The minimum atomic E-state index is 0.282. The van der Waals surface area contributed by atoms with Crippen LogP contribution in [0.5, 0.6) is 5.75 Å². The molecule has 3 aromatic carbocycles. The third-order valence-electron chi connectivity index (χ3n) is 8.20. The molecule has 1 aliphatic carbocycles. The van der Waals surface area contributed by atoms with Crippen molar-refractivity contribution in [3.05, 3.63) is 82.9 Å². The molecule has 0 saturated heterocycles. The first-order valence-corrected chi connectivity index (χ1v) is 16.2. The highest BCUT2D eigenvalue weighted by Crippen LogP contribution is 2.39. The van der Waals surface area contributed by atoms with Crippen molar-refractivity contribution in [2.24, 2.45) is 4.99 Å². The Balaban J connectivity index is 1.24. The number of hydrogen-bond donors (Lipinski definition) is 0. The fraction of sp³-hybridized carbons (Fsp3) is 0.474. The molecule has 0 bridgehead atoms. The summed E-state index contributed by atoms with van der Waals surface area (Å²) in [5.74, 6) is 1.20. The summed E-state index contributed by atoms with van der Waals surface area (Å²) >= 11 is 0. The Kier molecular flexibility index (Phi) is 12.7. The normalized spacial score (nSPS) is 12.0. The lowest BCUT2D eigenvalue weighted by atomic mass is 9.98. The number of unbranched alkanes of at least 4 members (excludes halogenated alkanes) is 11. The second-order valence-electron chi connectivity index (χ2n) is 11.6. The Labute approximate surface area is 248 Å². The van der Waals surface area contributed by atoms with Gasteiger partial charge in [0, 0.05) is 18.2 Å². The molecule has 4 rings (SSSR count). The topological polar surface area (TPSA) is 38.7 Å². The molecule has 0 unspecified atom stereocenters. The number of ether oxygens (including phenoxy) is 1. The van der Waals surface area contributed by atoms with Crippen molar-refractivity contribution in [2.75, 3.05) is 6.61 Å². The number of carbonyl (C=O) groups excluding carboxylic acids is 1. The van der Waals surface area contributed by atoms with Gasteiger partial charge in [-0.25, -0.2) is 0 Å². The Morgan fingerprint density at radius 2 is 1.32 bits per heavy atom. The van der Waals surface area contributed by atoms with Crippen molar-refractivity contribution >= 4 is 17.7 Å². The molecule has 0 spiro atoms. The molecule has 0 fully saturated rings. The largest absolute Gasteiger partial charge is 0.494 e. The summed E-state index contributed by atoms with van der Waals surface area (Å²) in [6.07, 6.45) is 19.7. The molecule has 41 heavy (non-hydrogen) atoms. The van der Waals surface area contributed by atoms with E-state index < -0.39 is 0 Å². The predicted molar refractivity (Wildman–Crippen MR) is 174 cm³/mol. The first-order chi connectivity index (χ1) is 20.2. The van der Waals surface area contributed by atoms with Crippen LogP contribution in [0.15, 0.2) is 65.7 Å². The van der Waals surface area contributed by atoms with E-state index in [-0.39, 0.29) is 5.78 Å². The smallest absolute Gasteiger partial charge is 0.162 e. The fourth-order valence-corrected chi connectivity index (χ4v) is 5.71. The zero-order valence-corrected chi connectivity index (χ0v) is 25.4. The van der Waals surface area contributed by atoms with Gasteiger partial charge < -0.3 is 4.74 Å². The SMILES string of the molecule is CCCCCCCCCCCC(=O)c1ccc2c(c1)Cc1cc(N=Cc3ccc(OCCCCCC)cc3)ccc1-2. The van der Waals surface area contributed by atoms with Gasteiger partial charge in [0.05, 0.1) is 12.3 Å². The zero-order chi connectivity index (χ0) is 28.7. The van der Waals surface area contributed by atoms with Gasteiger partial charge in [0.1, 0.15) is 5.75 Å². The van der Waals surface area contributed by atoms with Crippen LogP contribution in [0.4, 0.5) is 5.69 Å². The van der Waals surface area contributed by atoms with Crippen LogP contribution in [0, 0.1) is 0 Å². The third kappa shape index (κ3) is 9.69. The molecule has 218 valence electrons. The van der Waals surface area contributed by atoms with Gasteiger partial charge in [0.25, 0.3) is 0 Å². The van der Waals surface area contributed by atoms with Crippen LogP contribution in [0.3, 0.4) is 0 Å². The Hall–Kier alpha value is -3.20. The molecule has 0 radical (unpaired) electrons. The predicted octanol–water partition coefficient (Wildman–Crippen LogP) is 11.1. The van der Waals surface area contributed by atoms with Crippen LogP contribution >= 0.6 is 0 Å². The lowest BCUT2D eigenvalue weighted by Crippen LogP contribution is -2.00. The Bertz CT molecular complexity index is 1260. The van der Waals surface area contributed by atoms with Gasteiger partial charge in [-0.3, -0.25) is 9.79 Å². The van der Waals surface area contributed by atoms with Gasteiger partial charge in [-0.15, -0.1) is 0 Å². The summed E-state index contributed by atoms with van der Waals surface area (Å²) in [6.45, 7) is 5.26. The van der Waals surface area contributed by atoms with Crippen LogP contribution in [0.1, 0.15) is 131 Å². The average molecular weight is 552 g/mol. The van der Waals surface area contributed by atoms with E-state index in [2.05, 4.69) is 56.3 Å². The molecule has 3 nitrogen and oxygen atoms in total. The summed E-state index contributed by atoms with van der Waals surface area (Å²) in [5.41, 5.74) is 7.92. The standard InChI is InChI=1S/C38H49NO2/c1-3-5-7-9-10-11-12-13-14-16-38(40)31-19-23-36-32(26-31)27-33-28-34(20-24-37(33)36)39-29-30-17-21-35(22-18-30)41-25-15-8-6-4-2/h17-24,26,28-29H,3-16,25,27H2,1-2H3. The number of aliphatic imine (C=N–C) groups is 1. The molecule has 1 aliphatic rings. The highest BCUT2D eigenvalue weighted by atomic mass is 16.5. The number of fused-ring (bicyclic) bond motifs is 3. The molecule has 3 aromatic rings. The van der Waals surface area contributed by atoms with Crippen molar-refractivity contribution in [3.8, 4) is 16.9 Å². The zero-order valence-electron chi connectivity index (χ0n) is 25.4. The van der Waals surface area contributed by atoms with Gasteiger partial charge in [-0.2, -0.15) is 0 Å². The van der Waals surface area contributed by atoms with Gasteiger partial charge in [0.2, 0.25) is 0 Å². The maximum absolute atomic E-state index is 12.9. The number of rotatable bonds is 19. The van der Waals surface area contributed by atoms with Crippen LogP contribution in [0.2, 0.25) is 0 Å². The summed E-state index contributed by atoms with van der Waals surface area (Å²) in [4.78, 5) is 17.6. The first kappa shape index (κ1) is 30.8. The monoisotopic (exact) mass is 551 g/mol. The van der Waals surface area contributed by atoms with Crippen LogP contribution in [-0.2, 0) is 6.42 Å². The van der Waals surface area contributed by atoms with E-state index in [1.807, 2.05) is 24.4 Å². The molecule has 0 heterocycles. The molecular weight excluding hydrogens is 502 g/mol. The highest BCUT2D eigenvalue weighted by molar-refractivity contribution is 5.97. The van der Waals surface area contributed by atoms with E-state index in [9.17, 15) is 4.79 Å². The van der Waals surface area contributed by atoms with Gasteiger partial charge in [0.15, 0.2) is 5.78 Å². The number of carbonyl (C=O) groups is 1. The molecule has 0 atom stereocenters. The lowest BCUT2D eigenvalue weighted by Gasteiger charge is -2.06. The lowest BCUT2D eigenvalue weighted by molar-refractivity contribution is 0.0979. The highest BCUT2D eigenvalue weighted by Gasteiger charge is 2.20. The number of Topliss-reactive ketones (excluding diaryl/α,β-unsaturated/α-hetero) is 1. The second kappa shape index (κ2) is 16.9. The maximum atomic E-state index is 12.9. The minimum absolute atomic E-state index is 0.282. The molecule has 0 aromatic heterocycles. The quantitative estimate of drug-likeness (QED) is 0.0660. The molecule has 0 N–H and O–H groups in total. The van der Waals surface area contributed by atoms with E-state index in [1.165, 1.54) is 86.5 Å². The first-order valence-electron chi connectivity index (χ1n) is 16.2. The molecule has 0 aliphatic heterocycles. The Morgan fingerprint density at radius 3 is 2.02 bits per heavy atom. The van der Waals surface area contributed by atoms with Crippen molar-refractivity contribution in [3.63, 3.8) is 0 Å². The van der Waals surface area contributed by atoms with Crippen molar-refractivity contribution in [1.82, 2.24) is 0 Å². The van der Waals surface area contributed by atoms with Crippen LogP contribution < -0.4 is 4.74 Å². The molecule has 3 heteroatoms. The fourth-order valence-electron chi connectivity index (χ4n) is 5.71. The van der Waals surface area contributed by atoms with Crippen LogP contribution in [0.25, 0.3) is 11.1 Å². The number of benzene rings is 3. The summed E-state index contributed by atoms with van der Waals surface area (Å²) in [7, 11) is 0. The van der Waals surface area contributed by atoms with Gasteiger partial charge in [-0.1, -0.05) is 103 Å². The van der Waals surface area contributed by atoms with E-state index >= 15 is 0 Å². The second-order valence-corrected chi connectivity index (χ2v) is 11.6. The average Bonchev–Trinajstić information content (AvgIpc) is 3.36. The van der Waals surface area contributed by atoms with Gasteiger partial charge in [-0.05, 0) is 89.5 Å². The van der Waals surface area contributed by atoms with Crippen molar-refractivity contribution in [1.29, 1.82) is 0 Å². The van der Waals surface area contributed by atoms with Crippen molar-refractivity contribution < 1.29 is 9.53 Å². The number of hydrogen-bond acceptors (Lipinski definition) is 3. The van der Waals surface area contributed by atoms with E-state index in [0.717, 1.165) is 54.9 Å². The van der Waals surface area contributed by atoms with Crippen molar-refractivity contribution in [2.45, 2.75) is 110 Å². The number of ketones is 1. The number of nitrogens with zero attached hydrogens (tertiary/aromatic N) is 1. The third-order valence-corrected chi connectivity index (χ3v) is 8.20. The molecular formula is C38H49NO2. The van der Waals surface area contributed by atoms with Gasteiger partial charge >= 0.3 is 0 Å². The summed E-state index contributed by atoms with van der Waals surface area (Å²) in [6, 6.07) is 20.9. The van der Waals surface area contributed by atoms with Crippen LogP contribution in [-0.4, -0.2) is 18.6 Å². The van der Waals surface area contributed by atoms with E-state index in [0.29, 0.717) is 6.42 Å². The molecule has 0 saturated carbocycles. The molecule has 0 amide bonds. The Morgan fingerprint density at radius 1 is 0.707 bits per heavy atom. The maximum Gasteiger partial charge on any atom is 0.162 e. The summed E-state index contributed by atoms with van der Waals surface area (Å²) < 4.78 is 5.86. The minimum Gasteiger partial charge on any atom is -0.494 e.